The zero-order chi connectivity index (χ0) is 6.69. The average molecular weight is 123 g/mol. The van der Waals surface area contributed by atoms with Crippen molar-refractivity contribution in [1.29, 1.82) is 0 Å². The van der Waals surface area contributed by atoms with Crippen molar-refractivity contribution in [2.24, 2.45) is 0 Å². The van der Waals surface area contributed by atoms with Gasteiger partial charge in [0, 0.05) is 11.4 Å². The Bertz CT molecular complexity index is 200. The monoisotopic (exact) mass is 123 g/mol. The molecule has 3 N–H and O–H groups in total. The van der Waals surface area contributed by atoms with E-state index in [0.29, 0.717) is 11.4 Å². The lowest BCUT2D eigenvalue weighted by Gasteiger charge is -2.08. The maximum absolute atomic E-state index is 9.98. The Labute approximate surface area is 53.1 Å². The van der Waals surface area contributed by atoms with Crippen molar-refractivity contribution in [2.75, 3.05) is 11.2 Å². The highest BCUT2D eigenvalue weighted by Gasteiger charge is 1.83. The third kappa shape index (κ3) is 1.33. The Morgan fingerprint density at radius 3 is 2.67 bits per heavy atom. The molecule has 0 aromatic heterocycles. The molecule has 48 valence electrons. The van der Waals surface area contributed by atoms with E-state index in [1.165, 1.54) is 0 Å². The van der Waals surface area contributed by atoms with Crippen molar-refractivity contribution >= 4 is 11.4 Å². The molecule has 0 fully saturated rings. The summed E-state index contributed by atoms with van der Waals surface area (Å²) in [6.45, 7) is 0. The van der Waals surface area contributed by atoms with Crippen molar-refractivity contribution in [1.82, 2.24) is 0 Å². The van der Waals surface area contributed by atoms with Gasteiger partial charge >= 0.3 is 0 Å². The topological polar surface area (TPSA) is 61.1 Å². The molecule has 0 aliphatic heterocycles. The van der Waals surface area contributed by atoms with E-state index in [9.17, 15) is 5.21 Å². The van der Waals surface area contributed by atoms with Crippen LogP contribution in [0.4, 0.5) is 11.4 Å². The summed E-state index contributed by atoms with van der Waals surface area (Å²) in [6, 6.07) is 6.67. The highest BCUT2D eigenvalue weighted by Crippen LogP contribution is 2.10. The Hall–Kier alpha value is -1.22. The Morgan fingerprint density at radius 1 is 1.44 bits per heavy atom. The minimum Gasteiger partial charge on any atom is -0.761 e. The molecule has 1 rings (SSSR count). The highest BCUT2D eigenvalue weighted by molar-refractivity contribution is 5.54. The first-order valence-electron chi connectivity index (χ1n) is 2.56. The average Bonchev–Trinajstić information content (AvgIpc) is 1.88. The molecule has 0 radical (unpaired) electrons. The van der Waals surface area contributed by atoms with Crippen LogP contribution in [0, 0.1) is 5.21 Å². The fourth-order valence-electron chi connectivity index (χ4n) is 0.602. The van der Waals surface area contributed by atoms with Crippen LogP contribution in [0.15, 0.2) is 24.3 Å². The van der Waals surface area contributed by atoms with Gasteiger partial charge in [-0.25, -0.2) is 0 Å². The number of nitrogens with two attached hydrogens (primary N) is 1. The van der Waals surface area contributed by atoms with E-state index in [1.807, 2.05) is 0 Å². The molecule has 3 heteroatoms. The van der Waals surface area contributed by atoms with E-state index in [1.54, 1.807) is 29.7 Å². The predicted octanol–water partition coefficient (Wildman–Crippen LogP) is 1.18. The van der Waals surface area contributed by atoms with Crippen molar-refractivity contribution in [3.05, 3.63) is 29.5 Å². The molecule has 0 heterocycles. The molecule has 9 heavy (non-hydrogen) atoms. The van der Waals surface area contributed by atoms with Crippen LogP contribution >= 0.6 is 0 Å². The van der Waals surface area contributed by atoms with Crippen LogP contribution in [0.2, 0.25) is 0 Å². The molecule has 3 nitrogen and oxygen atoms in total. The lowest BCUT2D eigenvalue weighted by atomic mass is 10.3. The number of hydrogen-bond donors (Lipinski definition) is 2. The van der Waals surface area contributed by atoms with Gasteiger partial charge in [0.1, 0.15) is 0 Å². The highest BCUT2D eigenvalue weighted by atomic mass is 16.5. The molecule has 0 unspecified atom stereocenters. The number of anilines is 2. The fourth-order valence-corrected chi connectivity index (χ4v) is 0.602. The molecule has 0 atom stereocenters. The molecule has 1 aromatic rings. The van der Waals surface area contributed by atoms with Gasteiger partial charge in [0.25, 0.3) is 0 Å². The summed E-state index contributed by atoms with van der Waals surface area (Å²) in [5.41, 5.74) is 8.18. The minimum atomic E-state index is 0.495. The summed E-state index contributed by atoms with van der Waals surface area (Å²) in [6.07, 6.45) is 0. The first kappa shape index (κ1) is 5.91. The number of nitrogens with one attached hydrogen (secondary N) is 1. The smallest absolute Gasteiger partial charge is 0.0334 e. The van der Waals surface area contributed by atoms with Gasteiger partial charge in [0.05, 0.1) is 0 Å². The van der Waals surface area contributed by atoms with Gasteiger partial charge < -0.3 is 16.4 Å². The van der Waals surface area contributed by atoms with Crippen LogP contribution in [0.5, 0.6) is 0 Å². The molecule has 0 aliphatic rings. The normalized spacial score (nSPS) is 9.00. The van der Waals surface area contributed by atoms with Crippen LogP contribution in [0.3, 0.4) is 0 Å². The lowest BCUT2D eigenvalue weighted by Crippen LogP contribution is -1.87. The molecule has 1 aromatic carbocycles. The van der Waals surface area contributed by atoms with Gasteiger partial charge in [0.2, 0.25) is 0 Å². The summed E-state index contributed by atoms with van der Waals surface area (Å²) < 4.78 is 0. The van der Waals surface area contributed by atoms with Gasteiger partial charge in [0.15, 0.2) is 0 Å². The SMILES string of the molecule is Nc1cccc(N[O-])c1. The Kier molecular flexibility index (Phi) is 1.55. The van der Waals surface area contributed by atoms with Crippen LogP contribution in [-0.2, 0) is 0 Å². The van der Waals surface area contributed by atoms with Gasteiger partial charge in [-0.3, -0.25) is 0 Å². The van der Waals surface area contributed by atoms with E-state index < -0.39 is 0 Å². The fraction of sp³-hybridized carbons (Fsp3) is 0. The van der Waals surface area contributed by atoms with Crippen LogP contribution in [0.25, 0.3) is 0 Å². The quantitative estimate of drug-likeness (QED) is 0.435. The van der Waals surface area contributed by atoms with Gasteiger partial charge in [-0.05, 0) is 18.2 Å². The first-order chi connectivity index (χ1) is 4.33. The minimum absolute atomic E-state index is 0.495. The molecular weight excluding hydrogens is 116 g/mol. The largest absolute Gasteiger partial charge is 0.761 e. The zero-order valence-corrected chi connectivity index (χ0v) is 4.79. The molecule has 0 saturated carbocycles. The second-order valence-corrected chi connectivity index (χ2v) is 1.73. The van der Waals surface area contributed by atoms with Crippen molar-refractivity contribution < 1.29 is 0 Å². The van der Waals surface area contributed by atoms with Crippen LogP contribution in [0.1, 0.15) is 0 Å². The molecule has 0 amide bonds. The van der Waals surface area contributed by atoms with Crippen molar-refractivity contribution in [3.63, 3.8) is 0 Å². The number of benzene rings is 1. The Balaban J connectivity index is 2.94. The third-order valence-electron chi connectivity index (χ3n) is 1.00. The maximum atomic E-state index is 9.98. The first-order valence-corrected chi connectivity index (χ1v) is 2.56. The second-order valence-electron chi connectivity index (χ2n) is 1.73. The number of hydrogen-bond acceptors (Lipinski definition) is 3. The maximum Gasteiger partial charge on any atom is 0.0334 e. The summed E-state index contributed by atoms with van der Waals surface area (Å²) in [5, 5.41) is 9.98. The van der Waals surface area contributed by atoms with Gasteiger partial charge in [-0.1, -0.05) is 6.07 Å². The van der Waals surface area contributed by atoms with Gasteiger partial charge in [-0.15, -0.1) is 0 Å². The third-order valence-corrected chi connectivity index (χ3v) is 1.00. The van der Waals surface area contributed by atoms with E-state index in [-0.39, 0.29) is 0 Å². The molecule has 0 spiro atoms. The Morgan fingerprint density at radius 2 is 2.22 bits per heavy atom. The van der Waals surface area contributed by atoms with Crippen molar-refractivity contribution in [3.8, 4) is 0 Å². The molecule has 0 bridgehead atoms. The summed E-state index contributed by atoms with van der Waals surface area (Å²) >= 11 is 0. The van der Waals surface area contributed by atoms with E-state index >= 15 is 0 Å². The van der Waals surface area contributed by atoms with Gasteiger partial charge in [-0.2, -0.15) is 0 Å². The van der Waals surface area contributed by atoms with E-state index in [0.717, 1.165) is 0 Å². The van der Waals surface area contributed by atoms with Crippen LogP contribution in [-0.4, -0.2) is 0 Å². The molecular formula is C6H7N2O-. The van der Waals surface area contributed by atoms with Crippen molar-refractivity contribution in [2.45, 2.75) is 0 Å². The number of rotatable bonds is 1. The predicted molar refractivity (Wildman–Crippen MR) is 37.8 cm³/mol. The summed E-state index contributed by atoms with van der Waals surface area (Å²) in [7, 11) is 0. The molecule has 0 saturated heterocycles. The van der Waals surface area contributed by atoms with E-state index in [2.05, 4.69) is 0 Å². The summed E-state index contributed by atoms with van der Waals surface area (Å²) in [5.74, 6) is 0. The zero-order valence-electron chi connectivity index (χ0n) is 4.79. The lowest BCUT2D eigenvalue weighted by molar-refractivity contribution is 1.60. The summed E-state index contributed by atoms with van der Waals surface area (Å²) in [4.78, 5) is 0. The second kappa shape index (κ2) is 2.37. The number of nitrogen functional groups attached to an aromatic ring is 1. The van der Waals surface area contributed by atoms with Crippen LogP contribution < -0.4 is 11.2 Å². The standard InChI is InChI=1S/C6H7N2O/c7-5-2-1-3-6(4-5)8-9/h1-4,8H,7H2/q-1. The molecule has 0 aliphatic carbocycles. The van der Waals surface area contributed by atoms with E-state index in [4.69, 9.17) is 5.73 Å².